The van der Waals surface area contributed by atoms with Gasteiger partial charge in [0, 0.05) is 11.5 Å². The number of ether oxygens (including phenoxy) is 2. The molecule has 5 aromatic rings. The average molecular weight is 465 g/mol. The van der Waals surface area contributed by atoms with E-state index in [4.69, 9.17) is 14.5 Å². The number of hydrogen-bond donors (Lipinski definition) is 1. The number of rotatable bonds is 5. The maximum absolute atomic E-state index is 13.6. The third kappa shape index (κ3) is 3.43. The zero-order chi connectivity index (χ0) is 22.2. The first-order chi connectivity index (χ1) is 15.6. The van der Waals surface area contributed by atoms with Gasteiger partial charge in [-0.3, -0.25) is 9.36 Å². The zero-order valence-corrected chi connectivity index (χ0v) is 18.6. The number of methoxy groups -OCH3 is 2. The summed E-state index contributed by atoms with van der Waals surface area (Å²) in [6, 6.07) is 11.7. The highest BCUT2D eigenvalue weighted by Crippen LogP contribution is 2.35. The summed E-state index contributed by atoms with van der Waals surface area (Å²) >= 11 is 2.79. The van der Waals surface area contributed by atoms with Gasteiger partial charge in [-0.05, 0) is 53.5 Å². The van der Waals surface area contributed by atoms with Gasteiger partial charge in [0.1, 0.15) is 21.9 Å². The van der Waals surface area contributed by atoms with Crippen LogP contribution in [0.3, 0.4) is 0 Å². The number of benzene rings is 2. The minimum Gasteiger partial charge on any atom is -0.508 e. The Kier molecular flexibility index (Phi) is 5.16. The van der Waals surface area contributed by atoms with Crippen molar-refractivity contribution < 1.29 is 14.6 Å². The molecule has 0 bridgehead atoms. The average Bonchev–Trinajstić information content (AvgIpc) is 3.29. The van der Waals surface area contributed by atoms with Gasteiger partial charge in [0.2, 0.25) is 0 Å². The lowest BCUT2D eigenvalue weighted by Gasteiger charge is -2.15. The smallest absolute Gasteiger partial charge is 0.266 e. The molecule has 0 atom stereocenters. The van der Waals surface area contributed by atoms with E-state index in [1.54, 1.807) is 31.4 Å². The predicted octanol–water partition coefficient (Wildman–Crippen LogP) is 4.26. The fourth-order valence-electron chi connectivity index (χ4n) is 3.35. The van der Waals surface area contributed by atoms with Gasteiger partial charge in [-0.1, -0.05) is 0 Å². The van der Waals surface area contributed by atoms with Crippen molar-refractivity contribution in [1.29, 1.82) is 0 Å². The van der Waals surface area contributed by atoms with Crippen molar-refractivity contribution in [3.63, 3.8) is 0 Å². The van der Waals surface area contributed by atoms with Crippen LogP contribution in [-0.4, -0.2) is 38.8 Å². The van der Waals surface area contributed by atoms with E-state index >= 15 is 0 Å². The topological polar surface area (TPSA) is 99.4 Å². The monoisotopic (exact) mass is 464 g/mol. The van der Waals surface area contributed by atoms with E-state index < -0.39 is 0 Å². The summed E-state index contributed by atoms with van der Waals surface area (Å²) in [7, 11) is 3.08. The quantitative estimate of drug-likeness (QED) is 0.304. The lowest BCUT2D eigenvalue weighted by Crippen LogP contribution is -2.21. The number of aromatic hydroxyl groups is 1. The largest absolute Gasteiger partial charge is 0.508 e. The molecule has 0 saturated carbocycles. The first-order valence-corrected chi connectivity index (χ1v) is 11.1. The van der Waals surface area contributed by atoms with Crippen LogP contribution in [0.4, 0.5) is 0 Å². The predicted molar refractivity (Wildman–Crippen MR) is 124 cm³/mol. The molecule has 0 radical (unpaired) electrons. The van der Waals surface area contributed by atoms with Crippen LogP contribution in [0.25, 0.3) is 26.8 Å². The molecule has 1 N–H and O–H groups in total. The summed E-state index contributed by atoms with van der Waals surface area (Å²) in [6.07, 6.45) is 1.50. The van der Waals surface area contributed by atoms with Crippen molar-refractivity contribution in [2.75, 3.05) is 14.2 Å². The molecular weight excluding hydrogens is 448 g/mol. The van der Waals surface area contributed by atoms with Crippen LogP contribution in [-0.2, 0) is 0 Å². The molecule has 0 amide bonds. The molecule has 0 aliphatic carbocycles. The second-order valence-electron chi connectivity index (χ2n) is 6.70. The molecule has 0 saturated heterocycles. The van der Waals surface area contributed by atoms with Crippen molar-refractivity contribution in [2.24, 2.45) is 0 Å². The number of aromatic nitrogens is 4. The number of thiophene rings is 1. The van der Waals surface area contributed by atoms with E-state index in [9.17, 15) is 9.90 Å². The molecule has 2 aromatic carbocycles. The van der Waals surface area contributed by atoms with Crippen molar-refractivity contribution in [2.45, 2.75) is 10.2 Å². The fourth-order valence-corrected chi connectivity index (χ4v) is 5.12. The molecule has 8 nitrogen and oxygen atoms in total. The number of phenolic OH excluding ortho intramolecular Hbond substituents is 1. The number of phenols is 1. The molecule has 10 heteroatoms. The first-order valence-electron chi connectivity index (χ1n) is 9.43. The van der Waals surface area contributed by atoms with E-state index in [1.807, 2.05) is 11.4 Å². The van der Waals surface area contributed by atoms with Crippen LogP contribution in [0.5, 0.6) is 17.2 Å². The summed E-state index contributed by atoms with van der Waals surface area (Å²) < 4.78 is 12.2. The van der Waals surface area contributed by atoms with Crippen LogP contribution in [0.1, 0.15) is 0 Å². The van der Waals surface area contributed by atoms with Crippen molar-refractivity contribution in [3.05, 3.63) is 64.5 Å². The highest BCUT2D eigenvalue weighted by Gasteiger charge is 2.18. The van der Waals surface area contributed by atoms with Gasteiger partial charge in [-0.2, -0.15) is 0 Å². The van der Waals surface area contributed by atoms with Crippen molar-refractivity contribution >= 4 is 44.2 Å². The molecule has 0 fully saturated rings. The molecule has 3 heterocycles. The molecule has 0 unspecified atom stereocenters. The highest BCUT2D eigenvalue weighted by atomic mass is 32.2. The summed E-state index contributed by atoms with van der Waals surface area (Å²) in [5, 5.41) is 14.2. The van der Waals surface area contributed by atoms with E-state index in [-0.39, 0.29) is 11.3 Å². The van der Waals surface area contributed by atoms with Gasteiger partial charge >= 0.3 is 0 Å². The van der Waals surface area contributed by atoms with Crippen molar-refractivity contribution in [1.82, 2.24) is 19.5 Å². The van der Waals surface area contributed by atoms with Crippen LogP contribution in [0, 0.1) is 0 Å². The second kappa shape index (κ2) is 8.13. The van der Waals surface area contributed by atoms with E-state index in [2.05, 4.69) is 9.97 Å². The minimum absolute atomic E-state index is 0.00792. The van der Waals surface area contributed by atoms with E-state index in [0.29, 0.717) is 38.3 Å². The SMILES string of the molecule is COc1ccc(-n2c(Sc3ncnc4sccc34)nc3ccc(O)cc3c2=O)cc1OC. The Morgan fingerprint density at radius 3 is 2.66 bits per heavy atom. The maximum Gasteiger partial charge on any atom is 0.266 e. The third-order valence-corrected chi connectivity index (χ3v) is 6.66. The molecule has 32 heavy (non-hydrogen) atoms. The number of fused-ring (bicyclic) bond motifs is 2. The number of nitrogens with zero attached hydrogens (tertiary/aromatic N) is 4. The Morgan fingerprint density at radius 2 is 1.84 bits per heavy atom. The number of hydrogen-bond acceptors (Lipinski definition) is 9. The lowest BCUT2D eigenvalue weighted by atomic mass is 10.2. The Morgan fingerprint density at radius 1 is 1.00 bits per heavy atom. The van der Waals surface area contributed by atoms with Gasteiger partial charge in [-0.25, -0.2) is 15.0 Å². The van der Waals surface area contributed by atoms with E-state index in [0.717, 1.165) is 10.2 Å². The molecular formula is C22H16N4O4S2. The summed E-state index contributed by atoms with van der Waals surface area (Å²) in [6.45, 7) is 0. The molecule has 0 aliphatic rings. The van der Waals surface area contributed by atoms with Crippen LogP contribution in [0.2, 0.25) is 0 Å². The molecule has 5 rings (SSSR count). The van der Waals surface area contributed by atoms with Gasteiger partial charge < -0.3 is 14.6 Å². The van der Waals surface area contributed by atoms with Gasteiger partial charge in [0.05, 0.1) is 30.8 Å². The molecule has 0 spiro atoms. The first kappa shape index (κ1) is 20.3. The van der Waals surface area contributed by atoms with Crippen LogP contribution in [0.15, 0.2) is 69.1 Å². The summed E-state index contributed by atoms with van der Waals surface area (Å²) in [5.74, 6) is 1.01. The van der Waals surface area contributed by atoms with Crippen molar-refractivity contribution in [3.8, 4) is 22.9 Å². The third-order valence-electron chi connectivity index (χ3n) is 4.86. The minimum atomic E-state index is -0.323. The molecule has 0 aliphatic heterocycles. The normalized spacial score (nSPS) is 11.2. The van der Waals surface area contributed by atoms with Crippen LogP contribution < -0.4 is 15.0 Å². The summed E-state index contributed by atoms with van der Waals surface area (Å²) in [4.78, 5) is 27.8. The van der Waals surface area contributed by atoms with Crippen LogP contribution >= 0.6 is 23.1 Å². The van der Waals surface area contributed by atoms with Gasteiger partial charge in [0.15, 0.2) is 16.7 Å². The fraction of sp³-hybridized carbons (Fsp3) is 0.0909. The Hall–Kier alpha value is -3.63. The highest BCUT2D eigenvalue weighted by molar-refractivity contribution is 7.99. The Labute approximate surface area is 190 Å². The van der Waals surface area contributed by atoms with Gasteiger partial charge in [-0.15, -0.1) is 11.3 Å². The second-order valence-corrected chi connectivity index (χ2v) is 8.55. The standard InChI is InChI=1S/C22H16N4O4S2/c1-29-17-6-3-12(9-18(17)30-2)26-21(28)15-10-13(27)4-5-16(15)25-22(26)32-20-14-7-8-31-19(14)23-11-24-20/h3-11,27H,1-2H3. The zero-order valence-electron chi connectivity index (χ0n) is 17.0. The Bertz CT molecular complexity index is 1530. The molecule has 160 valence electrons. The lowest BCUT2D eigenvalue weighted by molar-refractivity contribution is 0.354. The molecule has 3 aromatic heterocycles. The maximum atomic E-state index is 13.6. The summed E-state index contributed by atoms with van der Waals surface area (Å²) in [5.41, 5.74) is 0.697. The van der Waals surface area contributed by atoms with E-state index in [1.165, 1.54) is 53.2 Å². The Balaban J connectivity index is 1.77. The van der Waals surface area contributed by atoms with Gasteiger partial charge in [0.25, 0.3) is 5.56 Å².